The Kier molecular flexibility index (Phi) is 6.44. The molecule has 0 spiro atoms. The molecule has 0 aromatic rings. The van der Waals surface area contributed by atoms with Crippen molar-refractivity contribution in [3.05, 3.63) is 0 Å². The third kappa shape index (κ3) is 4.38. The van der Waals surface area contributed by atoms with Gasteiger partial charge in [-0.1, -0.05) is 0 Å². The van der Waals surface area contributed by atoms with Crippen LogP contribution in [0.1, 0.15) is 25.7 Å². The van der Waals surface area contributed by atoms with Crippen molar-refractivity contribution in [3.8, 4) is 0 Å². The van der Waals surface area contributed by atoms with E-state index in [2.05, 4.69) is 4.74 Å². The van der Waals surface area contributed by atoms with Crippen molar-refractivity contribution in [1.29, 1.82) is 0 Å². The van der Waals surface area contributed by atoms with Crippen molar-refractivity contribution in [1.82, 2.24) is 0 Å². The molecule has 0 aromatic carbocycles. The van der Waals surface area contributed by atoms with Crippen LogP contribution in [0.15, 0.2) is 0 Å². The maximum Gasteiger partial charge on any atom is 0.340 e. The predicted octanol–water partition coefficient (Wildman–Crippen LogP) is -4.19. The van der Waals surface area contributed by atoms with Crippen molar-refractivity contribution in [3.63, 3.8) is 0 Å². The summed E-state index contributed by atoms with van der Waals surface area (Å²) in [4.78, 5) is 23.6. The number of aliphatic carboxylic acids is 1. The SMILES string of the molecule is O=C(OCO[C@]1(C(=O)O)C[C@@H](O)[C@H](O)[C@H](O)C1)[C@]1(O)C[C@@H](O)[C@@H](O)[C@H](O)C1. The Morgan fingerprint density at radius 2 is 1.22 bits per heavy atom. The Morgan fingerprint density at radius 1 is 0.815 bits per heavy atom. The molecule has 0 bridgehead atoms. The van der Waals surface area contributed by atoms with Crippen molar-refractivity contribution in [2.75, 3.05) is 6.79 Å². The van der Waals surface area contributed by atoms with E-state index in [1.807, 2.05) is 0 Å². The van der Waals surface area contributed by atoms with Crippen LogP contribution in [0, 0.1) is 0 Å². The molecule has 12 nitrogen and oxygen atoms in total. The number of ether oxygens (including phenoxy) is 2. The highest BCUT2D eigenvalue weighted by Crippen LogP contribution is 2.34. The molecular weight excluding hydrogens is 372 g/mol. The molecule has 12 heteroatoms. The number of hydrogen-bond donors (Lipinski definition) is 8. The van der Waals surface area contributed by atoms with Gasteiger partial charge in [-0.3, -0.25) is 0 Å². The van der Waals surface area contributed by atoms with Crippen molar-refractivity contribution in [2.24, 2.45) is 0 Å². The fraction of sp³-hybridized carbons (Fsp3) is 0.867. The van der Waals surface area contributed by atoms with Gasteiger partial charge in [0.25, 0.3) is 0 Å². The Balaban J connectivity index is 1.99. The summed E-state index contributed by atoms with van der Waals surface area (Å²) in [5.41, 5.74) is -4.46. The van der Waals surface area contributed by atoms with E-state index in [4.69, 9.17) is 4.74 Å². The van der Waals surface area contributed by atoms with Crippen LogP contribution in [0.25, 0.3) is 0 Å². The van der Waals surface area contributed by atoms with Crippen LogP contribution in [0.2, 0.25) is 0 Å². The second-order valence-electron chi connectivity index (χ2n) is 7.09. The molecule has 2 saturated carbocycles. The molecule has 4 atom stereocenters. The number of rotatable bonds is 5. The highest BCUT2D eigenvalue weighted by molar-refractivity contribution is 5.80. The van der Waals surface area contributed by atoms with Gasteiger partial charge in [-0.2, -0.15) is 0 Å². The monoisotopic (exact) mass is 396 g/mol. The minimum atomic E-state index is -2.32. The van der Waals surface area contributed by atoms with E-state index in [0.717, 1.165) is 0 Å². The summed E-state index contributed by atoms with van der Waals surface area (Å²) in [7, 11) is 0. The van der Waals surface area contributed by atoms with E-state index in [-0.39, 0.29) is 0 Å². The summed E-state index contributed by atoms with van der Waals surface area (Å²) in [5, 5.41) is 77.1. The minimum Gasteiger partial charge on any atom is -0.479 e. The predicted molar refractivity (Wildman–Crippen MR) is 81.9 cm³/mol. The number of carbonyl (C=O) groups excluding carboxylic acids is 1. The van der Waals surface area contributed by atoms with Crippen LogP contribution < -0.4 is 0 Å². The minimum absolute atomic E-state index is 0.577. The third-order valence-electron chi connectivity index (χ3n) is 5.04. The lowest BCUT2D eigenvalue weighted by atomic mass is 9.79. The number of aliphatic hydroxyl groups excluding tert-OH is 6. The molecule has 0 heterocycles. The summed E-state index contributed by atoms with van der Waals surface area (Å²) >= 11 is 0. The Hall–Kier alpha value is -1.38. The average Bonchev–Trinajstić information content (AvgIpc) is 2.57. The third-order valence-corrected chi connectivity index (χ3v) is 5.04. The number of esters is 1. The maximum absolute atomic E-state index is 12.1. The standard InChI is InChI=1S/C15H24O12/c16-6-1-14(25,2-7(17)10(6)20)13(24)26-5-27-15(12(22)23)3-8(18)11(21)9(19)4-15/h6-11,16-21,25H,1-5H2,(H,22,23)/t6-,7-,8-,9-,10-,11-,14+,15+/m1/s1. The van der Waals surface area contributed by atoms with Gasteiger partial charge in [0.05, 0.1) is 24.4 Å². The quantitative estimate of drug-likeness (QED) is 0.164. The Labute approximate surface area is 153 Å². The summed E-state index contributed by atoms with van der Waals surface area (Å²) in [6.45, 7) is -0.974. The molecular formula is C15H24O12. The molecule has 0 amide bonds. The van der Waals surface area contributed by atoms with Gasteiger partial charge in [0, 0.05) is 25.7 Å². The smallest absolute Gasteiger partial charge is 0.340 e. The van der Waals surface area contributed by atoms with Crippen LogP contribution in [-0.2, 0) is 19.1 Å². The fourth-order valence-electron chi connectivity index (χ4n) is 3.38. The van der Waals surface area contributed by atoms with E-state index >= 15 is 0 Å². The molecule has 0 saturated heterocycles. The number of carboxylic acid groups (broad SMARTS) is 1. The number of hydrogen-bond acceptors (Lipinski definition) is 11. The van der Waals surface area contributed by atoms with Gasteiger partial charge in [0.15, 0.2) is 18.0 Å². The largest absolute Gasteiger partial charge is 0.479 e. The first-order chi connectivity index (χ1) is 12.4. The van der Waals surface area contributed by atoms with Crippen LogP contribution in [0.5, 0.6) is 0 Å². The van der Waals surface area contributed by atoms with E-state index < -0.39 is 92.2 Å². The van der Waals surface area contributed by atoms with Crippen molar-refractivity contribution >= 4 is 11.9 Å². The molecule has 0 radical (unpaired) electrons. The highest BCUT2D eigenvalue weighted by Gasteiger charge is 2.52. The normalized spacial score (nSPS) is 45.3. The maximum atomic E-state index is 12.1. The molecule has 0 aliphatic heterocycles. The zero-order valence-corrected chi connectivity index (χ0v) is 14.2. The van der Waals surface area contributed by atoms with Crippen LogP contribution in [-0.4, -0.2) is 107 Å². The fourth-order valence-corrected chi connectivity index (χ4v) is 3.38. The van der Waals surface area contributed by atoms with Crippen LogP contribution in [0.3, 0.4) is 0 Å². The molecule has 27 heavy (non-hydrogen) atoms. The lowest BCUT2D eigenvalue weighted by Crippen LogP contribution is -2.58. The molecule has 2 aliphatic rings. The summed E-state index contributed by atoms with van der Waals surface area (Å²) < 4.78 is 9.73. The average molecular weight is 396 g/mol. The number of carbonyl (C=O) groups is 2. The van der Waals surface area contributed by atoms with Crippen LogP contribution in [0.4, 0.5) is 0 Å². The second kappa shape index (κ2) is 7.93. The molecule has 156 valence electrons. The van der Waals surface area contributed by atoms with Gasteiger partial charge in [-0.15, -0.1) is 0 Å². The van der Waals surface area contributed by atoms with Gasteiger partial charge in [0.1, 0.15) is 12.2 Å². The first-order valence-corrected chi connectivity index (χ1v) is 8.27. The highest BCUT2D eigenvalue weighted by atomic mass is 16.7. The van der Waals surface area contributed by atoms with Gasteiger partial charge < -0.3 is 50.3 Å². The van der Waals surface area contributed by atoms with E-state index in [1.165, 1.54) is 0 Å². The zero-order chi connectivity index (χ0) is 20.6. The molecule has 2 fully saturated rings. The van der Waals surface area contributed by atoms with E-state index in [0.29, 0.717) is 0 Å². The summed E-state index contributed by atoms with van der Waals surface area (Å²) in [6.07, 6.45) is -11.8. The summed E-state index contributed by atoms with van der Waals surface area (Å²) in [5.74, 6) is -2.88. The lowest BCUT2D eigenvalue weighted by molar-refractivity contribution is -0.231. The Bertz CT molecular complexity index is 541. The van der Waals surface area contributed by atoms with E-state index in [1.54, 1.807) is 0 Å². The van der Waals surface area contributed by atoms with Gasteiger partial charge in [0.2, 0.25) is 0 Å². The summed E-state index contributed by atoms with van der Waals surface area (Å²) in [6, 6.07) is 0. The van der Waals surface area contributed by atoms with E-state index in [9.17, 15) is 50.4 Å². The lowest BCUT2D eigenvalue weighted by Gasteiger charge is -2.41. The van der Waals surface area contributed by atoms with Gasteiger partial charge in [-0.05, 0) is 0 Å². The molecule has 8 N–H and O–H groups in total. The van der Waals surface area contributed by atoms with Gasteiger partial charge in [-0.25, -0.2) is 9.59 Å². The molecule has 0 aromatic heterocycles. The Morgan fingerprint density at radius 3 is 1.63 bits per heavy atom. The number of aliphatic hydroxyl groups is 7. The van der Waals surface area contributed by atoms with Crippen molar-refractivity contribution < 1.29 is 59.9 Å². The molecule has 2 rings (SSSR count). The number of carboxylic acids is 1. The van der Waals surface area contributed by atoms with Crippen LogP contribution >= 0.6 is 0 Å². The van der Waals surface area contributed by atoms with Crippen molar-refractivity contribution in [2.45, 2.75) is 73.5 Å². The first-order valence-electron chi connectivity index (χ1n) is 8.27. The topological polar surface area (TPSA) is 214 Å². The zero-order valence-electron chi connectivity index (χ0n) is 14.2. The molecule has 0 unspecified atom stereocenters. The van der Waals surface area contributed by atoms with Gasteiger partial charge >= 0.3 is 11.9 Å². The first kappa shape index (κ1) is 21.9. The second-order valence-corrected chi connectivity index (χ2v) is 7.09. The molecule has 2 aliphatic carbocycles.